The van der Waals surface area contributed by atoms with Gasteiger partial charge in [-0.05, 0) is 26.7 Å². The maximum absolute atomic E-state index is 14.0. The number of carbonyl (C=O) groups excluding carboxylic acids is 4. The molecule has 0 rings (SSSR count). The SMILES string of the molecule is C=C(C)C(=O)OCC[N+](C)(C)CCC(=O)N(CCCCCCCCCCCC)CCN(CCCCCCCCCCCC)C(=O)C[N+](C)(C)CCOC(=O)C(=C)C. The Balaban J connectivity index is 5.59. The minimum atomic E-state index is -0.413. The van der Waals surface area contributed by atoms with E-state index >= 15 is 0 Å². The van der Waals surface area contributed by atoms with Gasteiger partial charge in [0.1, 0.15) is 26.3 Å². The first-order chi connectivity index (χ1) is 27.0. The molecule has 0 aromatic carbocycles. The normalized spacial score (nSPS) is 11.6. The van der Waals surface area contributed by atoms with E-state index in [2.05, 4.69) is 41.1 Å². The van der Waals surface area contributed by atoms with Crippen LogP contribution in [0.5, 0.6) is 0 Å². The third kappa shape index (κ3) is 31.0. The molecule has 0 aromatic rings. The molecule has 0 unspecified atom stereocenters. The van der Waals surface area contributed by atoms with Crippen molar-refractivity contribution in [3.8, 4) is 0 Å². The molecule has 0 heterocycles. The smallest absolute Gasteiger partial charge is 0.333 e. The van der Waals surface area contributed by atoms with Gasteiger partial charge in [-0.3, -0.25) is 9.59 Å². The zero-order valence-corrected chi connectivity index (χ0v) is 38.6. The van der Waals surface area contributed by atoms with Crippen molar-refractivity contribution >= 4 is 23.8 Å². The van der Waals surface area contributed by atoms with E-state index < -0.39 is 5.97 Å². The maximum Gasteiger partial charge on any atom is 0.333 e. The molecule has 57 heavy (non-hydrogen) atoms. The van der Waals surface area contributed by atoms with Crippen LogP contribution in [0.1, 0.15) is 163 Å². The quantitative estimate of drug-likeness (QED) is 0.0268. The summed E-state index contributed by atoms with van der Waals surface area (Å²) in [6.45, 7) is 20.0. The van der Waals surface area contributed by atoms with Crippen LogP contribution >= 0.6 is 0 Å². The average Bonchev–Trinajstić information content (AvgIpc) is 3.14. The van der Waals surface area contributed by atoms with Crippen molar-refractivity contribution in [2.24, 2.45) is 0 Å². The molecule has 0 aliphatic carbocycles. The molecule has 0 N–H and O–H groups in total. The largest absolute Gasteiger partial charge is 0.456 e. The number of ether oxygens (including phenoxy) is 2. The van der Waals surface area contributed by atoms with Crippen LogP contribution in [0.2, 0.25) is 0 Å². The van der Waals surface area contributed by atoms with Crippen LogP contribution in [0.3, 0.4) is 0 Å². The number of hydrogen-bond donors (Lipinski definition) is 0. The number of likely N-dealkylation sites (N-methyl/N-ethyl adjacent to an activating group) is 2. The number of carbonyl (C=O) groups is 4. The lowest BCUT2D eigenvalue weighted by atomic mass is 10.1. The summed E-state index contributed by atoms with van der Waals surface area (Å²) in [5.41, 5.74) is 0.743. The first kappa shape index (κ1) is 54.3. The molecular weight excluding hydrogens is 717 g/mol. The Labute approximate surface area is 350 Å². The zero-order valence-electron chi connectivity index (χ0n) is 38.6. The van der Waals surface area contributed by atoms with Crippen molar-refractivity contribution in [1.29, 1.82) is 0 Å². The monoisotopic (exact) mass is 807 g/mol. The van der Waals surface area contributed by atoms with Crippen molar-refractivity contribution in [2.45, 2.75) is 163 Å². The van der Waals surface area contributed by atoms with Crippen LogP contribution in [0, 0.1) is 0 Å². The topological polar surface area (TPSA) is 93.2 Å². The molecule has 0 bridgehead atoms. The second-order valence-electron chi connectivity index (χ2n) is 17.9. The highest BCUT2D eigenvalue weighted by molar-refractivity contribution is 5.87. The lowest BCUT2D eigenvalue weighted by Gasteiger charge is -2.33. The molecule has 0 spiro atoms. The first-order valence-electron chi connectivity index (χ1n) is 22.9. The molecule has 0 radical (unpaired) electrons. The standard InChI is InChI=1S/C47H90N4O6/c1-11-13-15-17-19-21-23-25-27-29-32-48(44(52)31-36-50(7,8)37-39-56-46(54)42(3)4)34-35-49(33-30-28-26-24-22-20-18-16-14-12-2)45(53)41-51(9,10)38-40-57-47(55)43(5)6/h3,5,11-41H2,1-2,4,6-10H3/q+2. The molecule has 0 saturated carbocycles. The molecule has 0 aromatic heterocycles. The molecule has 2 amide bonds. The lowest BCUT2D eigenvalue weighted by Crippen LogP contribution is -2.52. The van der Waals surface area contributed by atoms with Crippen LogP contribution < -0.4 is 0 Å². The molecule has 0 saturated heterocycles. The third-order valence-corrected chi connectivity index (χ3v) is 11.0. The number of nitrogens with zero attached hydrogens (tertiary/aromatic N) is 4. The van der Waals surface area contributed by atoms with E-state index in [9.17, 15) is 19.2 Å². The van der Waals surface area contributed by atoms with Crippen LogP contribution in [-0.2, 0) is 28.7 Å². The molecule has 10 nitrogen and oxygen atoms in total. The highest BCUT2D eigenvalue weighted by Gasteiger charge is 2.27. The summed E-state index contributed by atoms with van der Waals surface area (Å²) in [6.07, 6.45) is 25.0. The lowest BCUT2D eigenvalue weighted by molar-refractivity contribution is -0.889. The number of hydrogen-bond acceptors (Lipinski definition) is 6. The van der Waals surface area contributed by atoms with E-state index in [1.165, 1.54) is 103 Å². The molecule has 332 valence electrons. The Kier molecular flexibility index (Phi) is 31.6. The Morgan fingerprint density at radius 1 is 0.456 bits per heavy atom. The van der Waals surface area contributed by atoms with Gasteiger partial charge in [0.05, 0.1) is 41.2 Å². The third-order valence-electron chi connectivity index (χ3n) is 11.0. The zero-order chi connectivity index (χ0) is 43.0. The number of rotatable bonds is 38. The fourth-order valence-corrected chi connectivity index (χ4v) is 6.77. The summed E-state index contributed by atoms with van der Waals surface area (Å²) in [6, 6.07) is 0. The highest BCUT2D eigenvalue weighted by atomic mass is 16.5. The molecule has 0 fully saturated rings. The van der Waals surface area contributed by atoms with Gasteiger partial charge in [0.2, 0.25) is 5.91 Å². The maximum atomic E-state index is 14.0. The van der Waals surface area contributed by atoms with Gasteiger partial charge in [-0.1, -0.05) is 143 Å². The average molecular weight is 807 g/mol. The fourth-order valence-electron chi connectivity index (χ4n) is 6.77. The van der Waals surface area contributed by atoms with Gasteiger partial charge in [-0.25, -0.2) is 9.59 Å². The minimum absolute atomic E-state index is 0.0654. The Hall–Kier alpha value is -2.72. The van der Waals surface area contributed by atoms with Crippen LogP contribution in [0.4, 0.5) is 0 Å². The van der Waals surface area contributed by atoms with Crippen LogP contribution in [-0.4, -0.2) is 136 Å². The number of amides is 2. The van der Waals surface area contributed by atoms with E-state index in [0.717, 1.165) is 25.7 Å². The molecule has 0 aliphatic rings. The van der Waals surface area contributed by atoms with Gasteiger partial charge in [0.15, 0.2) is 6.54 Å². The predicted octanol–water partition coefficient (Wildman–Crippen LogP) is 9.27. The van der Waals surface area contributed by atoms with E-state index in [1.807, 2.05) is 23.9 Å². The Morgan fingerprint density at radius 3 is 1.16 bits per heavy atom. The second kappa shape index (κ2) is 33.1. The van der Waals surface area contributed by atoms with Gasteiger partial charge in [-0.2, -0.15) is 0 Å². The van der Waals surface area contributed by atoms with Crippen molar-refractivity contribution in [2.75, 3.05) is 93.8 Å². The van der Waals surface area contributed by atoms with Crippen molar-refractivity contribution in [3.63, 3.8) is 0 Å². The van der Waals surface area contributed by atoms with Gasteiger partial charge in [0, 0.05) is 37.3 Å². The van der Waals surface area contributed by atoms with Gasteiger partial charge in [-0.15, -0.1) is 0 Å². The number of quaternary nitrogens is 2. The number of unbranched alkanes of at least 4 members (excludes halogenated alkanes) is 18. The second-order valence-corrected chi connectivity index (χ2v) is 17.9. The van der Waals surface area contributed by atoms with Crippen LogP contribution in [0.25, 0.3) is 0 Å². The van der Waals surface area contributed by atoms with E-state index in [-0.39, 0.29) is 37.5 Å². The van der Waals surface area contributed by atoms with Crippen molar-refractivity contribution < 1.29 is 37.6 Å². The van der Waals surface area contributed by atoms with E-state index in [1.54, 1.807) is 13.8 Å². The minimum Gasteiger partial charge on any atom is -0.456 e. The van der Waals surface area contributed by atoms with E-state index in [0.29, 0.717) is 72.3 Å². The van der Waals surface area contributed by atoms with Gasteiger partial charge < -0.3 is 28.2 Å². The summed E-state index contributed by atoms with van der Waals surface area (Å²) in [4.78, 5) is 55.7. The summed E-state index contributed by atoms with van der Waals surface area (Å²) in [7, 11) is 8.10. The predicted molar refractivity (Wildman–Crippen MR) is 237 cm³/mol. The van der Waals surface area contributed by atoms with E-state index in [4.69, 9.17) is 9.47 Å². The number of esters is 2. The molecule has 0 atom stereocenters. The molecule has 0 aliphatic heterocycles. The highest BCUT2D eigenvalue weighted by Crippen LogP contribution is 2.14. The summed E-state index contributed by atoms with van der Waals surface area (Å²) in [5.74, 6) is -0.628. The van der Waals surface area contributed by atoms with Gasteiger partial charge in [0.25, 0.3) is 5.91 Å². The van der Waals surface area contributed by atoms with Crippen LogP contribution in [0.15, 0.2) is 24.3 Å². The fraction of sp³-hybridized carbons (Fsp3) is 0.830. The first-order valence-corrected chi connectivity index (χ1v) is 22.9. The van der Waals surface area contributed by atoms with Crippen molar-refractivity contribution in [3.05, 3.63) is 24.3 Å². The Bertz CT molecular complexity index is 1140. The summed E-state index contributed by atoms with van der Waals surface area (Å²) < 4.78 is 11.6. The summed E-state index contributed by atoms with van der Waals surface area (Å²) >= 11 is 0. The van der Waals surface area contributed by atoms with Crippen molar-refractivity contribution in [1.82, 2.24) is 9.80 Å². The summed E-state index contributed by atoms with van der Waals surface area (Å²) in [5, 5.41) is 0. The van der Waals surface area contributed by atoms with Gasteiger partial charge >= 0.3 is 11.9 Å². The molecule has 10 heteroatoms. The Morgan fingerprint density at radius 2 is 0.789 bits per heavy atom. The molecular formula is C47H90N4O6+2.